The van der Waals surface area contributed by atoms with Gasteiger partial charge in [0.1, 0.15) is 24.2 Å². The van der Waals surface area contributed by atoms with Gasteiger partial charge in [-0.25, -0.2) is 0 Å². The van der Waals surface area contributed by atoms with Crippen LogP contribution >= 0.6 is 48.3 Å². The Morgan fingerprint density at radius 1 is 0.551 bits per heavy atom. The Labute approximate surface area is 480 Å². The summed E-state index contributed by atoms with van der Waals surface area (Å²) in [4.78, 5) is 122. The van der Waals surface area contributed by atoms with E-state index in [1.165, 1.54) is 0 Å². The van der Waals surface area contributed by atoms with Gasteiger partial charge in [0.25, 0.3) is 0 Å². The van der Waals surface area contributed by atoms with Gasteiger partial charge in [-0.05, 0) is 124 Å². The lowest BCUT2D eigenvalue weighted by molar-refractivity contribution is -0.148. The highest BCUT2D eigenvalue weighted by atomic mass is 35.5. The molecule has 0 saturated carbocycles. The van der Waals surface area contributed by atoms with Crippen LogP contribution in [0.2, 0.25) is 0 Å². The maximum atomic E-state index is 15.0. The number of amides is 8. The van der Waals surface area contributed by atoms with E-state index in [0.717, 1.165) is 22.3 Å². The number of hydrogen-bond acceptors (Lipinski definition) is 12. The number of fused-ring (bicyclic) bond motifs is 4. The minimum absolute atomic E-state index is 0. The van der Waals surface area contributed by atoms with Gasteiger partial charge in [-0.3, -0.25) is 38.4 Å². The predicted molar refractivity (Wildman–Crippen MR) is 307 cm³/mol. The Morgan fingerprint density at radius 3 is 1.27 bits per heavy atom. The van der Waals surface area contributed by atoms with Gasteiger partial charge >= 0.3 is 0 Å². The number of carbonyl (C=O) groups is 8. The molecule has 5 heterocycles. The van der Waals surface area contributed by atoms with Gasteiger partial charge in [0, 0.05) is 26.2 Å². The second-order valence-electron chi connectivity index (χ2n) is 23.4. The average molecular weight is 1160 g/mol. The van der Waals surface area contributed by atoms with Crippen molar-refractivity contribution in [1.82, 2.24) is 51.5 Å². The van der Waals surface area contributed by atoms with E-state index in [4.69, 9.17) is 0 Å². The lowest BCUT2D eigenvalue weighted by atomic mass is 9.77. The molecule has 5 saturated heterocycles. The van der Waals surface area contributed by atoms with Gasteiger partial charge < -0.3 is 51.5 Å². The van der Waals surface area contributed by atoms with Gasteiger partial charge in [-0.2, -0.15) is 0 Å². The van der Waals surface area contributed by atoms with Crippen molar-refractivity contribution in [3.05, 3.63) is 70.8 Å². The average Bonchev–Trinajstić information content (AvgIpc) is 3.75. The summed E-state index contributed by atoms with van der Waals surface area (Å²) in [5, 5.41) is 17.9. The minimum atomic E-state index is -0.840. The van der Waals surface area contributed by atoms with Crippen molar-refractivity contribution in [2.45, 2.75) is 152 Å². The topological polar surface area (TPSA) is 222 Å². The van der Waals surface area contributed by atoms with Crippen LogP contribution in [-0.2, 0) is 51.2 Å². The second kappa shape index (κ2) is 25.0. The molecule has 7 aliphatic rings. The van der Waals surface area contributed by atoms with Crippen molar-refractivity contribution < 1.29 is 38.4 Å². The van der Waals surface area contributed by atoms with Crippen molar-refractivity contribution in [3.8, 4) is 0 Å². The molecule has 428 valence electrons. The summed E-state index contributed by atoms with van der Waals surface area (Å²) < 4.78 is 0. The molecule has 0 bridgehead atoms. The van der Waals surface area contributed by atoms with Crippen LogP contribution in [0, 0.1) is 22.7 Å². The number of rotatable bonds is 12. The van der Waals surface area contributed by atoms with Crippen LogP contribution in [0.3, 0.4) is 0 Å². The summed E-state index contributed by atoms with van der Waals surface area (Å²) >= 11 is 3.27. The van der Waals surface area contributed by atoms with Gasteiger partial charge in [0.05, 0.1) is 46.8 Å². The maximum absolute atomic E-state index is 15.0. The van der Waals surface area contributed by atoms with Gasteiger partial charge in [-0.15, -0.1) is 48.3 Å². The molecule has 12 atom stereocenters. The zero-order chi connectivity index (χ0) is 54.4. The Kier molecular flexibility index (Phi) is 19.6. The lowest BCUT2D eigenvalue weighted by Gasteiger charge is -2.43. The summed E-state index contributed by atoms with van der Waals surface area (Å²) in [6.45, 7) is 12.6. The number of nitrogens with zero attached hydrogens (tertiary/aromatic N) is 4. The molecule has 18 nitrogen and oxygen atoms in total. The number of nitrogens with one attached hydrogen (secondary N) is 6. The highest BCUT2D eigenvalue weighted by Crippen LogP contribution is 2.49. The normalized spacial score (nSPS) is 29.7. The van der Waals surface area contributed by atoms with Gasteiger partial charge in [0.15, 0.2) is 0 Å². The van der Waals surface area contributed by atoms with E-state index in [9.17, 15) is 38.4 Å². The first-order valence-corrected chi connectivity index (χ1v) is 29.5. The Hall–Kier alpha value is -4.60. The third kappa shape index (κ3) is 12.0. The first kappa shape index (κ1) is 61.0. The van der Waals surface area contributed by atoms with Crippen molar-refractivity contribution in [2.24, 2.45) is 22.7 Å². The summed E-state index contributed by atoms with van der Waals surface area (Å²) in [5.41, 5.74) is 2.64. The van der Waals surface area contributed by atoms with Crippen molar-refractivity contribution in [1.29, 1.82) is 0 Å². The van der Waals surface area contributed by atoms with Crippen molar-refractivity contribution in [3.63, 3.8) is 0 Å². The molecule has 9 rings (SSSR count). The third-order valence-electron chi connectivity index (χ3n) is 17.5. The van der Waals surface area contributed by atoms with Crippen molar-refractivity contribution in [2.75, 3.05) is 51.8 Å². The number of aryl methyl sites for hydroxylation is 2. The van der Waals surface area contributed by atoms with Crippen LogP contribution in [0.5, 0.6) is 0 Å². The van der Waals surface area contributed by atoms with Crippen LogP contribution in [0.15, 0.2) is 48.5 Å². The fourth-order valence-electron chi connectivity index (χ4n) is 13.0. The van der Waals surface area contributed by atoms with E-state index in [1.807, 2.05) is 86.0 Å². The fraction of sp³-hybridized carbons (Fsp3) is 0.643. The number of thioether (sulfide) groups is 2. The number of hydrogen-bond donors (Lipinski definition) is 6. The minimum Gasteiger partial charge on any atom is -0.347 e. The quantitative estimate of drug-likeness (QED) is 0.179. The molecule has 78 heavy (non-hydrogen) atoms. The van der Waals surface area contributed by atoms with E-state index in [1.54, 1.807) is 61.3 Å². The van der Waals surface area contributed by atoms with E-state index in [-0.39, 0.29) is 109 Å². The monoisotopic (exact) mass is 1150 g/mol. The Morgan fingerprint density at radius 2 is 0.910 bits per heavy atom. The number of halogens is 2. The molecular weight excluding hydrogens is 1080 g/mol. The summed E-state index contributed by atoms with van der Waals surface area (Å²) in [6.07, 6.45) is 4.39. The molecule has 5 fully saturated rings. The second-order valence-corrected chi connectivity index (χ2v) is 25.9. The molecule has 2 aromatic rings. The summed E-state index contributed by atoms with van der Waals surface area (Å²) in [6, 6.07) is 10.2. The summed E-state index contributed by atoms with van der Waals surface area (Å²) in [7, 11) is 3.38. The molecule has 2 aromatic carbocycles. The highest BCUT2D eigenvalue weighted by molar-refractivity contribution is 8.00. The molecule has 0 radical (unpaired) electrons. The first-order valence-electron chi connectivity index (χ1n) is 27.4. The molecule has 22 heteroatoms. The van der Waals surface area contributed by atoms with Gasteiger partial charge in [0.2, 0.25) is 47.3 Å². The van der Waals surface area contributed by atoms with E-state index >= 15 is 0 Å². The number of likely N-dealkylation sites (N-methyl/N-ethyl adjacent to an activating group) is 2. The molecule has 0 unspecified atom stereocenters. The number of carbonyl (C=O) groups excluding carboxylic acids is 8. The maximum Gasteiger partial charge on any atom is 0.246 e. The molecule has 5 aliphatic heterocycles. The fourth-order valence-corrected chi connectivity index (χ4v) is 16.2. The number of benzene rings is 2. The molecule has 0 aromatic heterocycles. The van der Waals surface area contributed by atoms with E-state index in [0.29, 0.717) is 62.9 Å². The van der Waals surface area contributed by atoms with Crippen LogP contribution in [-0.4, -0.2) is 166 Å². The Bertz CT molecular complexity index is 2430. The van der Waals surface area contributed by atoms with Crippen molar-refractivity contribution >= 4 is 95.6 Å². The molecule has 8 amide bonds. The van der Waals surface area contributed by atoms with Crippen LogP contribution in [0.4, 0.5) is 0 Å². The van der Waals surface area contributed by atoms with Crippen LogP contribution < -0.4 is 31.9 Å². The largest absolute Gasteiger partial charge is 0.347 e. The number of piperazine rings is 1. The lowest BCUT2D eigenvalue weighted by Crippen LogP contribution is -2.59. The summed E-state index contributed by atoms with van der Waals surface area (Å²) in [5.74, 6) is -1.89. The molecule has 2 aliphatic carbocycles. The predicted octanol–water partition coefficient (Wildman–Crippen LogP) is 3.71. The third-order valence-corrected chi connectivity index (χ3v) is 20.0. The first-order chi connectivity index (χ1) is 36.2. The molecular formula is C56H80Cl2N10O8S2. The molecule has 0 spiro atoms. The Balaban J connectivity index is 0.00000441. The SMILES string of the molecule is CN[C@@H](C)C(=O)N[C@H]1CCS[C@H]2CC(C)(C)[C@@H](C(=O)N[C@H]3c4ccccc4CC[C@H]3C(=O)N3CCN(C(=O)[C@@H]4CCc5ccccc5[C@@H]4NC(=O)[C@H]4N5C(=O)[C@@H](NC(=O)[C@H](C)NC)CCS[C@H]5CC4(C)C)CC3)N2C1=O.Cl.Cl. The van der Waals surface area contributed by atoms with E-state index < -0.39 is 71.0 Å². The highest BCUT2D eigenvalue weighted by Gasteiger charge is 2.57. The van der Waals surface area contributed by atoms with E-state index in [2.05, 4.69) is 31.9 Å². The van der Waals surface area contributed by atoms with Crippen LogP contribution in [0.1, 0.15) is 114 Å². The van der Waals surface area contributed by atoms with Crippen LogP contribution in [0.25, 0.3) is 0 Å². The van der Waals surface area contributed by atoms with Gasteiger partial charge in [-0.1, -0.05) is 76.2 Å². The zero-order valence-corrected chi connectivity index (χ0v) is 49.4. The molecule has 6 N–H and O–H groups in total. The zero-order valence-electron chi connectivity index (χ0n) is 46.1. The smallest absolute Gasteiger partial charge is 0.246 e. The standard InChI is InChI=1S/C56H78N10O8S2.2ClH/c1-31(57-7)47(67)59-39-21-27-75-41-29-55(3,4)45(65(41)53(39)73)49(69)61-43-35-15-11-9-13-33(35)17-19-37(43)51(71)63-23-25-64(26-24-63)52(72)38-20-18-34-14-10-12-16-36(34)44(38)62-50(70)46-56(5,6)30-42-66(46)54(74)40(22-28-76-42)60-48(68)32(2)58-8;;/h9-16,31-32,37-46,57-58H,17-30H2,1-8H3,(H,59,67)(H,60,68)(H,61,69)(H,62,70);2*1H/t31-,32-,37+,38+,39-,40-,41-,42-,43-,44-,45+,46+;;/m0../s1.